The Bertz CT molecular complexity index is 618. The van der Waals surface area contributed by atoms with Crippen LogP contribution in [0, 0.1) is 0 Å². The number of carbonyl (C=O) groups excluding carboxylic acids is 1. The zero-order valence-corrected chi connectivity index (χ0v) is 14.7. The van der Waals surface area contributed by atoms with Crippen LogP contribution in [0.2, 0.25) is 0 Å². The summed E-state index contributed by atoms with van der Waals surface area (Å²) in [6.45, 7) is 3.48. The molecule has 0 radical (unpaired) electrons. The summed E-state index contributed by atoms with van der Waals surface area (Å²) in [6, 6.07) is 18.0. The molecule has 0 saturated carbocycles. The molecular weight excluding hydrogens is 324 g/mol. The predicted octanol–water partition coefficient (Wildman–Crippen LogP) is 3.18. The molecule has 1 amide bonds. The monoisotopic (exact) mass is 348 g/mol. The van der Waals surface area contributed by atoms with Crippen LogP contribution in [0.5, 0.6) is 0 Å². The van der Waals surface area contributed by atoms with E-state index in [0.717, 1.165) is 16.7 Å². The van der Waals surface area contributed by atoms with Crippen molar-refractivity contribution >= 4 is 18.3 Å². The summed E-state index contributed by atoms with van der Waals surface area (Å²) in [5.41, 5.74) is 8.93. The van der Waals surface area contributed by atoms with Gasteiger partial charge in [0.1, 0.15) is 0 Å². The van der Waals surface area contributed by atoms with E-state index in [1.54, 1.807) is 0 Å². The topological polar surface area (TPSA) is 64.4 Å². The highest BCUT2D eigenvalue weighted by atomic mass is 35.5. The third kappa shape index (κ3) is 7.59. The van der Waals surface area contributed by atoms with Gasteiger partial charge in [-0.2, -0.15) is 0 Å². The molecular formula is C19H25ClN2O2. The van der Waals surface area contributed by atoms with Crippen molar-refractivity contribution in [1.29, 1.82) is 0 Å². The molecule has 24 heavy (non-hydrogen) atoms. The van der Waals surface area contributed by atoms with Crippen LogP contribution in [-0.4, -0.2) is 11.9 Å². The van der Waals surface area contributed by atoms with Crippen LogP contribution in [0.4, 0.5) is 0 Å². The van der Waals surface area contributed by atoms with Gasteiger partial charge >= 0.3 is 0 Å². The van der Waals surface area contributed by atoms with Gasteiger partial charge in [-0.1, -0.05) is 54.6 Å². The number of ether oxygens (including phenoxy) is 1. The molecule has 130 valence electrons. The van der Waals surface area contributed by atoms with E-state index in [1.807, 2.05) is 55.5 Å². The molecule has 3 N–H and O–H groups in total. The van der Waals surface area contributed by atoms with Gasteiger partial charge in [0.05, 0.1) is 13.2 Å². The molecule has 4 nitrogen and oxygen atoms in total. The maximum atomic E-state index is 11.6. The first-order valence-corrected chi connectivity index (χ1v) is 7.85. The zero-order chi connectivity index (χ0) is 16.5. The second-order valence-electron chi connectivity index (χ2n) is 5.76. The average Bonchev–Trinajstić information content (AvgIpc) is 2.54. The Morgan fingerprint density at radius 3 is 2.38 bits per heavy atom. The Hall–Kier alpha value is -1.88. The lowest BCUT2D eigenvalue weighted by Crippen LogP contribution is -2.29. The molecule has 2 rings (SSSR count). The van der Waals surface area contributed by atoms with Crippen molar-refractivity contribution < 1.29 is 9.53 Å². The maximum Gasteiger partial charge on any atom is 0.221 e. The van der Waals surface area contributed by atoms with E-state index >= 15 is 0 Å². The number of nitrogens with two attached hydrogens (primary N) is 1. The number of hydrogen-bond donors (Lipinski definition) is 2. The number of nitrogens with one attached hydrogen (secondary N) is 1. The molecule has 0 spiro atoms. The van der Waals surface area contributed by atoms with E-state index in [4.69, 9.17) is 10.5 Å². The third-order valence-electron chi connectivity index (χ3n) is 3.37. The van der Waals surface area contributed by atoms with Gasteiger partial charge in [0.25, 0.3) is 0 Å². The molecule has 0 heterocycles. The number of carbonyl (C=O) groups is 1. The number of halogens is 1. The first kappa shape index (κ1) is 20.2. The first-order valence-electron chi connectivity index (χ1n) is 7.85. The van der Waals surface area contributed by atoms with Crippen LogP contribution in [0.1, 0.15) is 30.0 Å². The van der Waals surface area contributed by atoms with Crippen LogP contribution in [-0.2, 0) is 29.3 Å². The van der Waals surface area contributed by atoms with Gasteiger partial charge in [-0.25, -0.2) is 0 Å². The minimum atomic E-state index is -0.118. The van der Waals surface area contributed by atoms with Gasteiger partial charge in [0.15, 0.2) is 0 Å². The summed E-state index contributed by atoms with van der Waals surface area (Å²) in [4.78, 5) is 11.6. The molecule has 0 aliphatic rings. The lowest BCUT2D eigenvalue weighted by molar-refractivity contribution is -0.121. The fourth-order valence-electron chi connectivity index (χ4n) is 2.26. The molecule has 2 aromatic carbocycles. The van der Waals surface area contributed by atoms with Gasteiger partial charge in [-0.05, 0) is 23.6 Å². The SMILES string of the molecule is CC(N)CC(=O)NCc1cccc(COCc2ccccc2)c1.Cl. The van der Waals surface area contributed by atoms with Crippen LogP contribution in [0.25, 0.3) is 0 Å². The summed E-state index contributed by atoms with van der Waals surface area (Å²) < 4.78 is 5.74. The molecule has 0 aromatic heterocycles. The van der Waals surface area contributed by atoms with E-state index in [2.05, 4.69) is 11.4 Å². The minimum absolute atomic E-state index is 0. The number of rotatable bonds is 8. The Morgan fingerprint density at radius 1 is 1.04 bits per heavy atom. The highest BCUT2D eigenvalue weighted by molar-refractivity contribution is 5.85. The number of benzene rings is 2. The van der Waals surface area contributed by atoms with Gasteiger partial charge in [0, 0.05) is 19.0 Å². The average molecular weight is 349 g/mol. The highest BCUT2D eigenvalue weighted by Gasteiger charge is 2.05. The van der Waals surface area contributed by atoms with Crippen LogP contribution in [0.15, 0.2) is 54.6 Å². The van der Waals surface area contributed by atoms with Gasteiger partial charge < -0.3 is 15.8 Å². The van der Waals surface area contributed by atoms with E-state index in [9.17, 15) is 4.79 Å². The Kier molecular flexibility index (Phi) is 9.08. The standard InChI is InChI=1S/C19H24N2O2.ClH/c1-15(20)10-19(22)21-12-17-8-5-9-18(11-17)14-23-13-16-6-3-2-4-7-16;/h2-9,11,15H,10,12-14,20H2,1H3,(H,21,22);1H. The van der Waals surface area contributed by atoms with E-state index in [0.29, 0.717) is 26.2 Å². The van der Waals surface area contributed by atoms with Crippen molar-refractivity contribution in [2.45, 2.75) is 39.1 Å². The normalized spacial score (nSPS) is 11.4. The van der Waals surface area contributed by atoms with Crippen LogP contribution < -0.4 is 11.1 Å². The predicted molar refractivity (Wildman–Crippen MR) is 98.7 cm³/mol. The molecule has 0 saturated heterocycles. The first-order chi connectivity index (χ1) is 11.1. The summed E-state index contributed by atoms with van der Waals surface area (Å²) in [5, 5.41) is 2.88. The Morgan fingerprint density at radius 2 is 1.67 bits per heavy atom. The molecule has 0 aliphatic carbocycles. The van der Waals surface area contributed by atoms with Gasteiger partial charge in [0.2, 0.25) is 5.91 Å². The third-order valence-corrected chi connectivity index (χ3v) is 3.37. The molecule has 0 bridgehead atoms. The second-order valence-corrected chi connectivity index (χ2v) is 5.76. The fourth-order valence-corrected chi connectivity index (χ4v) is 2.26. The summed E-state index contributed by atoms with van der Waals surface area (Å²) in [6.07, 6.45) is 0.347. The Labute approximate surface area is 149 Å². The van der Waals surface area contributed by atoms with Crippen LogP contribution in [0.3, 0.4) is 0 Å². The Balaban J connectivity index is 0.00000288. The smallest absolute Gasteiger partial charge is 0.221 e. The largest absolute Gasteiger partial charge is 0.372 e. The summed E-state index contributed by atoms with van der Waals surface area (Å²) in [7, 11) is 0. The van der Waals surface area contributed by atoms with Crippen molar-refractivity contribution in [2.75, 3.05) is 0 Å². The number of hydrogen-bond acceptors (Lipinski definition) is 3. The van der Waals surface area contributed by atoms with E-state index in [1.165, 1.54) is 0 Å². The lowest BCUT2D eigenvalue weighted by Gasteiger charge is -2.09. The van der Waals surface area contributed by atoms with Crippen molar-refractivity contribution in [3.05, 3.63) is 71.3 Å². The number of amides is 1. The molecule has 0 aliphatic heterocycles. The van der Waals surface area contributed by atoms with Crippen molar-refractivity contribution in [3.63, 3.8) is 0 Å². The van der Waals surface area contributed by atoms with Gasteiger partial charge in [-0.15, -0.1) is 12.4 Å². The van der Waals surface area contributed by atoms with Crippen LogP contribution >= 0.6 is 12.4 Å². The molecule has 0 fully saturated rings. The molecule has 5 heteroatoms. The van der Waals surface area contributed by atoms with Crippen molar-refractivity contribution in [3.8, 4) is 0 Å². The van der Waals surface area contributed by atoms with Crippen molar-refractivity contribution in [1.82, 2.24) is 5.32 Å². The highest BCUT2D eigenvalue weighted by Crippen LogP contribution is 2.09. The van der Waals surface area contributed by atoms with Crippen molar-refractivity contribution in [2.24, 2.45) is 5.73 Å². The second kappa shape index (κ2) is 10.8. The molecule has 2 aromatic rings. The molecule has 1 atom stereocenters. The maximum absolute atomic E-state index is 11.6. The zero-order valence-electron chi connectivity index (χ0n) is 13.9. The van der Waals surface area contributed by atoms with E-state index in [-0.39, 0.29) is 24.4 Å². The lowest BCUT2D eigenvalue weighted by atomic mass is 10.1. The molecule has 1 unspecified atom stereocenters. The summed E-state index contributed by atoms with van der Waals surface area (Å²) >= 11 is 0. The quantitative estimate of drug-likeness (QED) is 0.770. The van der Waals surface area contributed by atoms with E-state index < -0.39 is 0 Å². The van der Waals surface area contributed by atoms with Gasteiger partial charge in [-0.3, -0.25) is 4.79 Å². The fraction of sp³-hybridized carbons (Fsp3) is 0.316. The minimum Gasteiger partial charge on any atom is -0.372 e. The summed E-state index contributed by atoms with van der Waals surface area (Å²) in [5.74, 6) is -0.0225.